The van der Waals surface area contributed by atoms with Crippen LogP contribution in [0.25, 0.3) is 6.08 Å². The van der Waals surface area contributed by atoms with Gasteiger partial charge in [-0.15, -0.1) is 11.8 Å². The summed E-state index contributed by atoms with van der Waals surface area (Å²) in [5.41, 5.74) is 2.37. The Morgan fingerprint density at radius 3 is 2.23 bits per heavy atom. The molecule has 0 aromatic heterocycles. The minimum Gasteiger partial charge on any atom is -0.495 e. The molecule has 0 spiro atoms. The summed E-state index contributed by atoms with van der Waals surface area (Å²) in [6.07, 6.45) is 1.62. The molecule has 3 N–H and O–H groups in total. The van der Waals surface area contributed by atoms with Crippen LogP contribution in [0.4, 0.5) is 11.4 Å². The molecule has 0 aliphatic heterocycles. The summed E-state index contributed by atoms with van der Waals surface area (Å²) in [6.45, 7) is 0. The van der Waals surface area contributed by atoms with E-state index >= 15 is 0 Å². The van der Waals surface area contributed by atoms with Gasteiger partial charge in [0.2, 0.25) is 5.91 Å². The second-order valence-electron chi connectivity index (χ2n) is 8.46. The summed E-state index contributed by atoms with van der Waals surface area (Å²) >= 11 is 7.44. The molecule has 0 atom stereocenters. The molecule has 0 radical (unpaired) electrons. The van der Waals surface area contributed by atoms with Crippen LogP contribution >= 0.6 is 23.4 Å². The van der Waals surface area contributed by atoms with Crippen LogP contribution in [0.2, 0.25) is 5.02 Å². The highest BCUT2D eigenvalue weighted by Gasteiger charge is 2.15. The van der Waals surface area contributed by atoms with Crippen molar-refractivity contribution in [1.82, 2.24) is 5.32 Å². The first-order valence-corrected chi connectivity index (χ1v) is 13.6. The lowest BCUT2D eigenvalue weighted by atomic mass is 10.1. The predicted molar refractivity (Wildman–Crippen MR) is 161 cm³/mol. The van der Waals surface area contributed by atoms with Gasteiger partial charge in [-0.1, -0.05) is 66.2 Å². The van der Waals surface area contributed by atoms with Crippen molar-refractivity contribution in [1.29, 1.82) is 0 Å². The van der Waals surface area contributed by atoms with Gasteiger partial charge in [0.25, 0.3) is 11.8 Å². The summed E-state index contributed by atoms with van der Waals surface area (Å²) in [4.78, 5) is 39.3. The van der Waals surface area contributed by atoms with Crippen molar-refractivity contribution in [3.63, 3.8) is 0 Å². The molecule has 0 fully saturated rings. The molecule has 0 bridgehead atoms. The van der Waals surface area contributed by atoms with E-state index in [0.717, 1.165) is 10.5 Å². The SMILES string of the molecule is COc1ccc(NC(=O)CSc2cccc(NC(=O)/C(=C/c3ccccc3)NC(=O)c3ccccc3)c2)cc1Cl. The first kappa shape index (κ1) is 28.5. The first-order chi connectivity index (χ1) is 19.4. The molecule has 0 heterocycles. The van der Waals surface area contributed by atoms with Gasteiger partial charge in [0.15, 0.2) is 0 Å². The molecule has 0 aliphatic carbocycles. The highest BCUT2D eigenvalue weighted by Crippen LogP contribution is 2.28. The molecule has 9 heteroatoms. The van der Waals surface area contributed by atoms with Crippen LogP contribution in [0.15, 0.2) is 114 Å². The largest absolute Gasteiger partial charge is 0.495 e. The molecule has 4 aromatic carbocycles. The van der Waals surface area contributed by atoms with Gasteiger partial charge in [-0.25, -0.2) is 0 Å². The van der Waals surface area contributed by atoms with Crippen LogP contribution in [-0.2, 0) is 9.59 Å². The summed E-state index contributed by atoms with van der Waals surface area (Å²) in [5, 5.41) is 8.77. The normalized spacial score (nSPS) is 10.9. The van der Waals surface area contributed by atoms with Crippen molar-refractivity contribution in [3.8, 4) is 5.75 Å². The van der Waals surface area contributed by atoms with E-state index in [4.69, 9.17) is 16.3 Å². The fraction of sp³-hybridized carbons (Fsp3) is 0.0645. The number of methoxy groups -OCH3 is 1. The van der Waals surface area contributed by atoms with Gasteiger partial charge >= 0.3 is 0 Å². The number of carbonyl (C=O) groups excluding carboxylic acids is 3. The zero-order valence-corrected chi connectivity index (χ0v) is 23.1. The number of anilines is 2. The van der Waals surface area contributed by atoms with E-state index in [1.54, 1.807) is 66.7 Å². The molecule has 0 saturated heterocycles. The highest BCUT2D eigenvalue weighted by molar-refractivity contribution is 8.00. The zero-order valence-electron chi connectivity index (χ0n) is 21.5. The topological polar surface area (TPSA) is 96.5 Å². The number of nitrogens with one attached hydrogen (secondary N) is 3. The monoisotopic (exact) mass is 571 g/mol. The fourth-order valence-electron chi connectivity index (χ4n) is 3.61. The van der Waals surface area contributed by atoms with E-state index in [9.17, 15) is 14.4 Å². The third kappa shape index (κ3) is 8.23. The van der Waals surface area contributed by atoms with Gasteiger partial charge in [-0.3, -0.25) is 14.4 Å². The predicted octanol–water partition coefficient (Wildman–Crippen LogP) is 6.49. The molecule has 0 aliphatic rings. The maximum absolute atomic E-state index is 13.3. The Labute approximate surface area is 241 Å². The summed E-state index contributed by atoms with van der Waals surface area (Å²) in [7, 11) is 1.52. The summed E-state index contributed by atoms with van der Waals surface area (Å²) in [5.74, 6) is -0.421. The molecule has 4 aromatic rings. The van der Waals surface area contributed by atoms with Crippen LogP contribution < -0.4 is 20.7 Å². The average Bonchev–Trinajstić information content (AvgIpc) is 2.97. The van der Waals surface area contributed by atoms with Gasteiger partial charge < -0.3 is 20.7 Å². The van der Waals surface area contributed by atoms with Crippen molar-refractivity contribution >= 4 is 58.5 Å². The number of hydrogen-bond donors (Lipinski definition) is 3. The van der Waals surface area contributed by atoms with E-state index in [2.05, 4.69) is 16.0 Å². The highest BCUT2D eigenvalue weighted by atomic mass is 35.5. The number of benzene rings is 4. The van der Waals surface area contributed by atoms with E-state index in [-0.39, 0.29) is 17.4 Å². The maximum atomic E-state index is 13.3. The maximum Gasteiger partial charge on any atom is 0.272 e. The van der Waals surface area contributed by atoms with Gasteiger partial charge in [0.1, 0.15) is 11.4 Å². The Balaban J connectivity index is 1.41. The molecule has 0 unspecified atom stereocenters. The van der Waals surface area contributed by atoms with Crippen LogP contribution in [-0.4, -0.2) is 30.6 Å². The Bertz CT molecular complexity index is 1530. The van der Waals surface area contributed by atoms with Gasteiger partial charge in [0, 0.05) is 21.8 Å². The third-order valence-electron chi connectivity index (χ3n) is 5.54. The number of ether oxygens (including phenoxy) is 1. The number of amides is 3. The molecule has 202 valence electrons. The molecule has 4 rings (SSSR count). The van der Waals surface area contributed by atoms with E-state index < -0.39 is 11.8 Å². The Kier molecular flexibility index (Phi) is 9.99. The zero-order chi connectivity index (χ0) is 28.3. The number of halogens is 1. The number of rotatable bonds is 10. The van der Waals surface area contributed by atoms with Crippen LogP contribution in [0.5, 0.6) is 5.75 Å². The molecule has 7 nitrogen and oxygen atoms in total. The van der Waals surface area contributed by atoms with E-state index in [0.29, 0.717) is 27.7 Å². The summed E-state index contributed by atoms with van der Waals surface area (Å²) in [6, 6.07) is 30.0. The number of hydrogen-bond acceptors (Lipinski definition) is 5. The smallest absolute Gasteiger partial charge is 0.272 e. The standard InChI is InChI=1S/C31H26ClN3O4S/c1-39-28-16-15-24(19-26(28)32)33-29(36)20-40-25-14-8-13-23(18-25)34-31(38)27(17-21-9-4-2-5-10-21)35-30(37)22-11-6-3-7-12-22/h2-19H,20H2,1H3,(H,33,36)(H,34,38)(H,35,37)/b27-17-. The van der Waals surface area contributed by atoms with Gasteiger partial charge in [-0.05, 0) is 60.2 Å². The van der Waals surface area contributed by atoms with Crippen LogP contribution in [0.3, 0.4) is 0 Å². The first-order valence-electron chi connectivity index (χ1n) is 12.2. The average molecular weight is 572 g/mol. The summed E-state index contributed by atoms with van der Waals surface area (Å²) < 4.78 is 5.13. The quantitative estimate of drug-likeness (QED) is 0.149. The van der Waals surface area contributed by atoms with E-state index in [1.165, 1.54) is 18.9 Å². The minimum absolute atomic E-state index is 0.0932. The molecule has 0 saturated carbocycles. The van der Waals surface area contributed by atoms with Crippen molar-refractivity contribution < 1.29 is 19.1 Å². The molecular weight excluding hydrogens is 546 g/mol. The van der Waals surface area contributed by atoms with Crippen LogP contribution in [0.1, 0.15) is 15.9 Å². The van der Waals surface area contributed by atoms with Crippen molar-refractivity contribution in [2.45, 2.75) is 4.90 Å². The van der Waals surface area contributed by atoms with E-state index in [1.807, 2.05) is 42.5 Å². The van der Waals surface area contributed by atoms with Crippen molar-refractivity contribution in [2.24, 2.45) is 0 Å². The third-order valence-corrected chi connectivity index (χ3v) is 6.83. The van der Waals surface area contributed by atoms with Crippen molar-refractivity contribution in [3.05, 3.63) is 125 Å². The molecular formula is C31H26ClN3O4S. The second-order valence-corrected chi connectivity index (χ2v) is 9.91. The lowest BCUT2D eigenvalue weighted by molar-refractivity contribution is -0.114. The Morgan fingerprint density at radius 1 is 0.825 bits per heavy atom. The van der Waals surface area contributed by atoms with Gasteiger partial charge in [0.05, 0.1) is 17.9 Å². The number of carbonyl (C=O) groups is 3. The molecule has 40 heavy (non-hydrogen) atoms. The van der Waals surface area contributed by atoms with Crippen molar-refractivity contribution in [2.75, 3.05) is 23.5 Å². The van der Waals surface area contributed by atoms with Gasteiger partial charge in [-0.2, -0.15) is 0 Å². The Hall–Kier alpha value is -4.53. The minimum atomic E-state index is -0.482. The van der Waals surface area contributed by atoms with Crippen LogP contribution in [0, 0.1) is 0 Å². The lowest BCUT2D eigenvalue weighted by Gasteiger charge is -2.12. The lowest BCUT2D eigenvalue weighted by Crippen LogP contribution is -2.30. The molecule has 3 amide bonds. The second kappa shape index (κ2) is 14.0. The Morgan fingerprint density at radius 2 is 1.52 bits per heavy atom. The number of thioether (sulfide) groups is 1. The fourth-order valence-corrected chi connectivity index (χ4v) is 4.62.